The number of benzene rings is 4. The van der Waals surface area contributed by atoms with E-state index in [1.165, 1.54) is 24.3 Å². The number of carbonyl (C=O) groups is 2. The van der Waals surface area contributed by atoms with Gasteiger partial charge in [-0.15, -0.1) is 0 Å². The average Bonchev–Trinajstić information content (AvgIpc) is 2.93. The van der Waals surface area contributed by atoms with Crippen LogP contribution < -0.4 is 10.6 Å². The summed E-state index contributed by atoms with van der Waals surface area (Å²) in [5.41, 5.74) is -2.52. The van der Waals surface area contributed by atoms with E-state index >= 15 is 0 Å². The molecule has 228 valence electrons. The number of halogens is 8. The molecule has 6 nitrogen and oxygen atoms in total. The van der Waals surface area contributed by atoms with Crippen LogP contribution in [0.4, 0.5) is 37.7 Å². The lowest BCUT2D eigenvalue weighted by Gasteiger charge is -2.22. The molecule has 44 heavy (non-hydrogen) atoms. The van der Waals surface area contributed by atoms with Gasteiger partial charge in [0.15, 0.2) is 0 Å². The van der Waals surface area contributed by atoms with E-state index in [1.807, 2.05) is 0 Å². The van der Waals surface area contributed by atoms with Crippen LogP contribution in [0, 0.1) is 0 Å². The monoisotopic (exact) mass is 672 g/mol. The molecule has 0 unspecified atom stereocenters. The van der Waals surface area contributed by atoms with Crippen LogP contribution in [-0.2, 0) is 28.6 Å². The first-order valence-corrected chi connectivity index (χ1v) is 14.6. The molecule has 1 aliphatic heterocycles. The zero-order valence-corrected chi connectivity index (χ0v) is 24.0. The largest absolute Gasteiger partial charge is 0.416 e. The summed E-state index contributed by atoms with van der Waals surface area (Å²) in [6.07, 6.45) is -9.33. The Morgan fingerprint density at radius 1 is 0.614 bits per heavy atom. The van der Waals surface area contributed by atoms with Gasteiger partial charge in [-0.2, -0.15) is 26.3 Å². The van der Waals surface area contributed by atoms with E-state index in [2.05, 4.69) is 10.6 Å². The van der Waals surface area contributed by atoms with E-state index in [-0.39, 0.29) is 37.6 Å². The Morgan fingerprint density at radius 3 is 1.36 bits per heavy atom. The van der Waals surface area contributed by atoms with Crippen molar-refractivity contribution < 1.29 is 44.3 Å². The van der Waals surface area contributed by atoms with Gasteiger partial charge in [0.25, 0.3) is 11.8 Å². The molecule has 2 amide bonds. The molecule has 0 aliphatic carbocycles. The number of rotatable bonds is 4. The van der Waals surface area contributed by atoms with Crippen molar-refractivity contribution in [3.63, 3.8) is 0 Å². The van der Waals surface area contributed by atoms with Crippen LogP contribution in [0.1, 0.15) is 43.0 Å². The first-order valence-electron chi connectivity index (χ1n) is 12.3. The van der Waals surface area contributed by atoms with Crippen molar-refractivity contribution in [2.24, 2.45) is 0 Å². The molecule has 4 aromatic carbocycles. The Morgan fingerprint density at radius 2 is 1.00 bits per heavy atom. The molecule has 0 saturated carbocycles. The highest BCUT2D eigenvalue weighted by atomic mass is 35.5. The summed E-state index contributed by atoms with van der Waals surface area (Å²) in [6, 6.07) is 12.3. The van der Waals surface area contributed by atoms with Crippen LogP contribution in [0.15, 0.2) is 82.6 Å². The van der Waals surface area contributed by atoms with E-state index in [9.17, 15) is 44.3 Å². The second kappa shape index (κ2) is 11.1. The number of nitrogens with one attached hydrogen (secondary N) is 2. The Hall–Kier alpha value is -4.07. The third-order valence-corrected chi connectivity index (χ3v) is 9.26. The van der Waals surface area contributed by atoms with E-state index in [1.54, 1.807) is 0 Å². The van der Waals surface area contributed by atoms with Crippen molar-refractivity contribution in [3.8, 4) is 0 Å². The highest BCUT2D eigenvalue weighted by Gasteiger charge is 2.34. The molecule has 1 heterocycles. The maximum atomic E-state index is 13.6. The number of hydrogen-bond donors (Lipinski definition) is 2. The van der Waals surface area contributed by atoms with Crippen LogP contribution in [0.3, 0.4) is 0 Å². The summed E-state index contributed by atoms with van der Waals surface area (Å²) >= 11 is 11.9. The molecule has 0 saturated heterocycles. The Balaban J connectivity index is 1.42. The van der Waals surface area contributed by atoms with Crippen LogP contribution >= 0.6 is 23.2 Å². The third kappa shape index (κ3) is 6.12. The summed E-state index contributed by atoms with van der Waals surface area (Å²) in [4.78, 5) is 25.2. The maximum absolute atomic E-state index is 13.6. The molecule has 0 fully saturated rings. The number of carbonyl (C=O) groups excluding carboxylic acids is 2. The fourth-order valence-corrected chi connectivity index (χ4v) is 6.71. The average molecular weight is 673 g/mol. The zero-order chi connectivity index (χ0) is 32.2. The van der Waals surface area contributed by atoms with Crippen molar-refractivity contribution >= 4 is 56.2 Å². The molecule has 0 radical (unpaired) electrons. The summed E-state index contributed by atoms with van der Waals surface area (Å²) in [5.74, 6) is -2.01. The minimum atomic E-state index is -4.73. The molecule has 4 aromatic rings. The number of sulfone groups is 1. The van der Waals surface area contributed by atoms with Crippen LogP contribution in [0.25, 0.3) is 0 Å². The molecule has 0 bridgehead atoms. The summed E-state index contributed by atoms with van der Waals surface area (Å²) < 4.78 is 106. The number of amides is 2. The Labute approximate surface area is 255 Å². The molecule has 5 rings (SSSR count). The van der Waals surface area contributed by atoms with Gasteiger partial charge in [-0.05, 0) is 71.8 Å². The molecule has 15 heteroatoms. The van der Waals surface area contributed by atoms with Crippen molar-refractivity contribution in [2.75, 3.05) is 10.6 Å². The summed E-state index contributed by atoms with van der Waals surface area (Å²) in [7, 11) is -4.27. The first kappa shape index (κ1) is 31.4. The SMILES string of the molecule is O=C(Nc1ccc2c(c1)S(=O)(=O)c1cc(NC(=O)c3cc(C(F)(F)F)ccc3Cl)ccc1C2)c1cc(C(F)(F)F)ccc1Cl. The van der Waals surface area contributed by atoms with Crippen LogP contribution in [0.5, 0.6) is 0 Å². The fraction of sp³-hybridized carbons (Fsp3) is 0.103. The molecule has 1 aliphatic rings. The molecule has 0 atom stereocenters. The Bertz CT molecular complexity index is 1830. The summed E-state index contributed by atoms with van der Waals surface area (Å²) in [5, 5.41) is 4.21. The van der Waals surface area contributed by atoms with Crippen LogP contribution in [-0.4, -0.2) is 20.2 Å². The molecular weight excluding hydrogens is 657 g/mol. The summed E-state index contributed by atoms with van der Waals surface area (Å²) in [6.45, 7) is 0. The minimum Gasteiger partial charge on any atom is -0.322 e. The van der Waals surface area contributed by atoms with Crippen molar-refractivity contribution in [3.05, 3.63) is 116 Å². The molecule has 0 spiro atoms. The third-order valence-electron chi connectivity index (χ3n) is 6.69. The lowest BCUT2D eigenvalue weighted by Crippen LogP contribution is -2.18. The highest BCUT2D eigenvalue weighted by molar-refractivity contribution is 7.91. The van der Waals surface area contributed by atoms with Gasteiger partial charge in [-0.3, -0.25) is 9.59 Å². The van der Waals surface area contributed by atoms with Crippen molar-refractivity contribution in [2.45, 2.75) is 28.6 Å². The molecule has 0 aromatic heterocycles. The van der Waals surface area contributed by atoms with E-state index in [0.717, 1.165) is 24.3 Å². The van der Waals surface area contributed by atoms with Gasteiger partial charge >= 0.3 is 12.4 Å². The highest BCUT2D eigenvalue weighted by Crippen LogP contribution is 2.38. The van der Waals surface area contributed by atoms with Gasteiger partial charge < -0.3 is 10.6 Å². The topological polar surface area (TPSA) is 92.3 Å². The van der Waals surface area contributed by atoms with Gasteiger partial charge in [0.05, 0.1) is 42.1 Å². The standard InChI is InChI=1S/C29H16Cl2F6N2O4S/c30-22-7-3-16(28(32,33)34)10-20(22)26(40)38-18-5-1-14-9-15-2-6-19(13-25(15)44(42,43)24(14)12-18)39-27(41)21-11-17(29(35,36)37)4-8-23(21)31/h1-8,10-13H,9H2,(H,38,40)(H,39,41). The van der Waals surface area contributed by atoms with E-state index in [0.29, 0.717) is 35.4 Å². The molecule has 2 N–H and O–H groups in total. The van der Waals surface area contributed by atoms with Crippen LogP contribution in [0.2, 0.25) is 10.0 Å². The lowest BCUT2D eigenvalue weighted by atomic mass is 10.0. The Kier molecular flexibility index (Phi) is 7.93. The lowest BCUT2D eigenvalue weighted by molar-refractivity contribution is -0.138. The molecular formula is C29H16Cl2F6N2O4S. The van der Waals surface area contributed by atoms with Gasteiger partial charge in [0.1, 0.15) is 0 Å². The van der Waals surface area contributed by atoms with Crippen molar-refractivity contribution in [1.82, 2.24) is 0 Å². The minimum absolute atomic E-state index is 0.0436. The number of alkyl halides is 6. The van der Waals surface area contributed by atoms with E-state index < -0.39 is 56.3 Å². The van der Waals surface area contributed by atoms with Gasteiger partial charge in [-0.1, -0.05) is 35.3 Å². The predicted octanol–water partition coefficient (Wildman–Crippen LogP) is 8.27. The second-order valence-corrected chi connectivity index (χ2v) is 12.3. The zero-order valence-electron chi connectivity index (χ0n) is 21.7. The fourth-order valence-electron chi connectivity index (χ4n) is 4.53. The first-order chi connectivity index (χ1) is 20.4. The quantitative estimate of drug-likeness (QED) is 0.188. The van der Waals surface area contributed by atoms with Gasteiger partial charge in [0, 0.05) is 17.8 Å². The number of fused-ring (bicyclic) bond motifs is 2. The number of hydrogen-bond acceptors (Lipinski definition) is 4. The van der Waals surface area contributed by atoms with Crippen molar-refractivity contribution in [1.29, 1.82) is 0 Å². The normalized spacial score (nSPS) is 13.9. The predicted molar refractivity (Wildman–Crippen MR) is 150 cm³/mol. The number of anilines is 2. The van der Waals surface area contributed by atoms with Gasteiger partial charge in [0.2, 0.25) is 9.84 Å². The second-order valence-electron chi connectivity index (χ2n) is 9.62. The maximum Gasteiger partial charge on any atom is 0.416 e. The van der Waals surface area contributed by atoms with Gasteiger partial charge in [-0.25, -0.2) is 8.42 Å². The smallest absolute Gasteiger partial charge is 0.322 e. The van der Waals surface area contributed by atoms with E-state index in [4.69, 9.17) is 23.2 Å².